The number of amides is 1. The number of carbonyl (C=O) groups excluding carboxylic acids is 1. The second-order valence-corrected chi connectivity index (χ2v) is 8.94. The van der Waals surface area contributed by atoms with Gasteiger partial charge < -0.3 is 10.1 Å². The van der Waals surface area contributed by atoms with Gasteiger partial charge >= 0.3 is 0 Å². The van der Waals surface area contributed by atoms with Crippen LogP contribution in [-0.4, -0.2) is 20.3 Å². The van der Waals surface area contributed by atoms with Gasteiger partial charge in [0, 0.05) is 28.1 Å². The number of aryl methyl sites for hydroxylation is 1. The lowest BCUT2D eigenvalue weighted by Gasteiger charge is -2.09. The number of hydrogen-bond donors (Lipinski definition) is 1. The molecule has 0 bridgehead atoms. The Morgan fingerprint density at radius 1 is 1.16 bits per heavy atom. The average Bonchev–Trinajstić information content (AvgIpc) is 3.51. The number of aromatic nitrogens is 3. The van der Waals surface area contributed by atoms with Crippen LogP contribution in [0.15, 0.2) is 65.5 Å². The molecule has 3 aromatic heterocycles. The summed E-state index contributed by atoms with van der Waals surface area (Å²) in [5.74, 6) is 0.486. The standard InChI is InChI=1S/C23H17FN4O2S2/c1-14-25-18(13-32-14)12-30-19-4-2-3-16(11-19)22(29)27-21-20(15-5-7-17(24)8-6-15)26-23-28(21)9-10-31-23/h2-11,13H,12H2,1H3,(H,27,29). The third-order valence-electron chi connectivity index (χ3n) is 4.76. The van der Waals surface area contributed by atoms with Gasteiger partial charge in [-0.15, -0.1) is 22.7 Å². The average molecular weight is 465 g/mol. The minimum absolute atomic E-state index is 0.295. The Morgan fingerprint density at radius 3 is 2.78 bits per heavy atom. The van der Waals surface area contributed by atoms with Gasteiger partial charge in [0.15, 0.2) is 4.96 Å². The van der Waals surface area contributed by atoms with Crippen molar-refractivity contribution in [3.05, 3.63) is 87.6 Å². The van der Waals surface area contributed by atoms with E-state index in [1.54, 1.807) is 47.7 Å². The van der Waals surface area contributed by atoms with E-state index in [1.165, 1.54) is 23.5 Å². The van der Waals surface area contributed by atoms with Crippen LogP contribution in [0.5, 0.6) is 5.75 Å². The molecule has 160 valence electrons. The van der Waals surface area contributed by atoms with Crippen molar-refractivity contribution in [2.45, 2.75) is 13.5 Å². The van der Waals surface area contributed by atoms with Crippen LogP contribution in [0, 0.1) is 12.7 Å². The lowest BCUT2D eigenvalue weighted by molar-refractivity contribution is 0.102. The second-order valence-electron chi connectivity index (χ2n) is 7.00. The first kappa shape index (κ1) is 20.3. The van der Waals surface area contributed by atoms with Gasteiger partial charge in [-0.25, -0.2) is 14.4 Å². The fourth-order valence-electron chi connectivity index (χ4n) is 3.25. The van der Waals surface area contributed by atoms with Crippen LogP contribution in [-0.2, 0) is 6.61 Å². The summed E-state index contributed by atoms with van der Waals surface area (Å²) in [5, 5.41) is 7.79. The van der Waals surface area contributed by atoms with Crippen molar-refractivity contribution in [3.8, 4) is 17.0 Å². The molecule has 5 rings (SSSR count). The maximum atomic E-state index is 13.4. The number of thiazole rings is 2. The smallest absolute Gasteiger partial charge is 0.256 e. The van der Waals surface area contributed by atoms with E-state index in [0.717, 1.165) is 15.7 Å². The monoisotopic (exact) mass is 464 g/mol. The summed E-state index contributed by atoms with van der Waals surface area (Å²) >= 11 is 3.02. The van der Waals surface area contributed by atoms with E-state index in [-0.39, 0.29) is 11.7 Å². The van der Waals surface area contributed by atoms with Gasteiger partial charge in [-0.05, 0) is 49.4 Å². The number of halogens is 1. The molecule has 6 nitrogen and oxygen atoms in total. The minimum Gasteiger partial charge on any atom is -0.487 e. The fraction of sp³-hybridized carbons (Fsp3) is 0.0870. The first-order valence-corrected chi connectivity index (χ1v) is 11.5. The SMILES string of the molecule is Cc1nc(COc2cccc(C(=O)Nc3c(-c4ccc(F)cc4)nc4sccn34)c2)cs1. The predicted molar refractivity (Wildman–Crippen MR) is 124 cm³/mol. The molecule has 0 aliphatic heterocycles. The van der Waals surface area contributed by atoms with Crippen LogP contribution >= 0.6 is 22.7 Å². The molecular formula is C23H17FN4O2S2. The molecule has 1 N–H and O–H groups in total. The molecule has 0 radical (unpaired) electrons. The van der Waals surface area contributed by atoms with E-state index in [0.29, 0.717) is 35.0 Å². The van der Waals surface area contributed by atoms with Crippen molar-refractivity contribution in [2.75, 3.05) is 5.32 Å². The molecule has 3 heterocycles. The molecule has 0 aliphatic carbocycles. The number of imidazole rings is 1. The van der Waals surface area contributed by atoms with Crippen LogP contribution in [0.4, 0.5) is 10.2 Å². The molecular weight excluding hydrogens is 447 g/mol. The Kier molecular flexibility index (Phi) is 5.42. The van der Waals surface area contributed by atoms with Gasteiger partial charge in [0.1, 0.15) is 29.7 Å². The summed E-state index contributed by atoms with van der Waals surface area (Å²) in [6, 6.07) is 13.0. The first-order valence-electron chi connectivity index (χ1n) is 9.73. The van der Waals surface area contributed by atoms with Crippen LogP contribution in [0.2, 0.25) is 0 Å². The highest BCUT2D eigenvalue weighted by atomic mass is 32.1. The first-order chi connectivity index (χ1) is 15.6. The normalized spacial score (nSPS) is 11.1. The molecule has 0 spiro atoms. The maximum absolute atomic E-state index is 13.4. The van der Waals surface area contributed by atoms with E-state index in [2.05, 4.69) is 15.3 Å². The molecule has 32 heavy (non-hydrogen) atoms. The Hall–Kier alpha value is -3.56. The third kappa shape index (κ3) is 4.12. The molecule has 0 unspecified atom stereocenters. The Bertz CT molecular complexity index is 1410. The molecule has 2 aromatic carbocycles. The van der Waals surface area contributed by atoms with Gasteiger partial charge in [-0.2, -0.15) is 0 Å². The second kappa shape index (κ2) is 8.52. The fourth-order valence-corrected chi connectivity index (χ4v) is 4.56. The molecule has 0 saturated carbocycles. The van der Waals surface area contributed by atoms with Gasteiger partial charge in [-0.3, -0.25) is 9.20 Å². The highest BCUT2D eigenvalue weighted by Gasteiger charge is 2.18. The van der Waals surface area contributed by atoms with Crippen LogP contribution in [0.25, 0.3) is 16.2 Å². The zero-order chi connectivity index (χ0) is 22.1. The molecule has 0 fully saturated rings. The molecule has 0 aliphatic rings. The third-order valence-corrected chi connectivity index (χ3v) is 6.34. The highest BCUT2D eigenvalue weighted by Crippen LogP contribution is 2.31. The van der Waals surface area contributed by atoms with E-state index >= 15 is 0 Å². The lowest BCUT2D eigenvalue weighted by Crippen LogP contribution is -2.14. The molecule has 9 heteroatoms. The Labute approximate surface area is 191 Å². The van der Waals surface area contributed by atoms with Crippen LogP contribution < -0.4 is 10.1 Å². The predicted octanol–water partition coefficient (Wildman–Crippen LogP) is 5.80. The number of nitrogens with one attached hydrogen (secondary N) is 1. The summed E-state index contributed by atoms with van der Waals surface area (Å²) in [4.78, 5) is 22.8. The van der Waals surface area contributed by atoms with Crippen molar-refractivity contribution in [1.82, 2.24) is 14.4 Å². The number of rotatable bonds is 6. The number of nitrogens with zero attached hydrogens (tertiary/aromatic N) is 3. The van der Waals surface area contributed by atoms with Gasteiger partial charge in [0.25, 0.3) is 5.91 Å². The molecule has 0 saturated heterocycles. The summed E-state index contributed by atoms with van der Waals surface area (Å²) in [5.41, 5.74) is 2.60. The van der Waals surface area contributed by atoms with Gasteiger partial charge in [0.05, 0.1) is 10.7 Å². The van der Waals surface area contributed by atoms with Gasteiger partial charge in [-0.1, -0.05) is 6.07 Å². The molecule has 1 amide bonds. The van der Waals surface area contributed by atoms with E-state index in [9.17, 15) is 9.18 Å². The number of anilines is 1. The van der Waals surface area contributed by atoms with E-state index in [1.807, 2.05) is 28.3 Å². The number of ether oxygens (including phenoxy) is 1. The molecule has 0 atom stereocenters. The Morgan fingerprint density at radius 2 is 2.00 bits per heavy atom. The van der Waals surface area contributed by atoms with Crippen molar-refractivity contribution < 1.29 is 13.9 Å². The van der Waals surface area contributed by atoms with Crippen LogP contribution in [0.3, 0.4) is 0 Å². The topological polar surface area (TPSA) is 68.5 Å². The number of fused-ring (bicyclic) bond motifs is 1. The van der Waals surface area contributed by atoms with Crippen molar-refractivity contribution >= 4 is 39.4 Å². The number of hydrogen-bond acceptors (Lipinski definition) is 6. The van der Waals surface area contributed by atoms with Crippen molar-refractivity contribution in [3.63, 3.8) is 0 Å². The quantitative estimate of drug-likeness (QED) is 0.345. The van der Waals surface area contributed by atoms with Crippen molar-refractivity contribution in [1.29, 1.82) is 0 Å². The highest BCUT2D eigenvalue weighted by molar-refractivity contribution is 7.15. The van der Waals surface area contributed by atoms with Crippen molar-refractivity contribution in [2.24, 2.45) is 0 Å². The summed E-state index contributed by atoms with van der Waals surface area (Å²) in [6.45, 7) is 2.28. The largest absolute Gasteiger partial charge is 0.487 e. The summed E-state index contributed by atoms with van der Waals surface area (Å²) in [6.07, 6.45) is 1.84. The Balaban J connectivity index is 1.40. The van der Waals surface area contributed by atoms with E-state index in [4.69, 9.17) is 4.74 Å². The van der Waals surface area contributed by atoms with E-state index < -0.39 is 0 Å². The lowest BCUT2D eigenvalue weighted by atomic mass is 10.1. The number of benzene rings is 2. The van der Waals surface area contributed by atoms with Gasteiger partial charge in [0.2, 0.25) is 0 Å². The molecule has 5 aromatic rings. The summed E-state index contributed by atoms with van der Waals surface area (Å²) in [7, 11) is 0. The number of carbonyl (C=O) groups is 1. The zero-order valence-corrected chi connectivity index (χ0v) is 18.5. The minimum atomic E-state index is -0.329. The maximum Gasteiger partial charge on any atom is 0.256 e. The zero-order valence-electron chi connectivity index (χ0n) is 16.9. The summed E-state index contributed by atoms with van der Waals surface area (Å²) < 4.78 is 21.0. The van der Waals surface area contributed by atoms with Crippen LogP contribution in [0.1, 0.15) is 21.1 Å².